The van der Waals surface area contributed by atoms with Crippen LogP contribution in [0.4, 0.5) is 5.69 Å². The van der Waals surface area contributed by atoms with E-state index in [-0.39, 0.29) is 4.90 Å². The maximum Gasteiger partial charge on any atom is 0.261 e. The minimum atomic E-state index is -3.64. The van der Waals surface area contributed by atoms with Crippen molar-refractivity contribution in [3.8, 4) is 11.4 Å². The Hall–Kier alpha value is -2.74. The lowest BCUT2D eigenvalue weighted by Gasteiger charge is -2.09. The number of nitrogens with one attached hydrogen (secondary N) is 2. The highest BCUT2D eigenvalue weighted by Crippen LogP contribution is 2.21. The molecule has 0 amide bonds. The van der Waals surface area contributed by atoms with Gasteiger partial charge in [0.1, 0.15) is 0 Å². The predicted octanol–water partition coefficient (Wildman–Crippen LogP) is 1.98. The molecule has 0 radical (unpaired) electrons. The predicted molar refractivity (Wildman–Crippen MR) is 81.6 cm³/mol. The Morgan fingerprint density at radius 2 is 1.91 bits per heavy atom. The van der Waals surface area contributed by atoms with Crippen molar-refractivity contribution in [1.29, 1.82) is 0 Å². The summed E-state index contributed by atoms with van der Waals surface area (Å²) < 4.78 is 27.3. The molecular weight excluding hydrogens is 302 g/mol. The number of benzene rings is 2. The van der Waals surface area contributed by atoms with Crippen LogP contribution < -0.4 is 4.72 Å². The maximum absolute atomic E-state index is 12.4. The molecule has 3 aromatic rings. The Balaban J connectivity index is 1.91. The lowest BCUT2D eigenvalue weighted by atomic mass is 10.2. The van der Waals surface area contributed by atoms with Gasteiger partial charge in [-0.25, -0.2) is 8.42 Å². The summed E-state index contributed by atoms with van der Waals surface area (Å²) in [5.74, 6) is 0.400. The smallest absolute Gasteiger partial charge is 0.261 e. The largest absolute Gasteiger partial charge is 0.280 e. The van der Waals surface area contributed by atoms with Gasteiger partial charge in [-0.05, 0) is 42.0 Å². The number of rotatable bonds is 4. The van der Waals surface area contributed by atoms with Crippen LogP contribution in [0.5, 0.6) is 0 Å². The number of H-pyrrole nitrogens is 1. The molecule has 2 N–H and O–H groups in total. The normalized spacial score (nSPS) is 11.3. The van der Waals surface area contributed by atoms with Gasteiger partial charge < -0.3 is 0 Å². The monoisotopic (exact) mass is 315 g/mol. The Kier molecular flexibility index (Phi) is 3.60. The molecule has 3 rings (SSSR count). The van der Waals surface area contributed by atoms with E-state index in [1.165, 1.54) is 0 Å². The zero-order valence-electron chi connectivity index (χ0n) is 11.7. The van der Waals surface area contributed by atoms with E-state index in [9.17, 15) is 8.42 Å². The number of aryl methyl sites for hydroxylation is 1. The number of anilines is 1. The molecule has 0 saturated heterocycles. The summed E-state index contributed by atoms with van der Waals surface area (Å²) in [4.78, 5) is 0.220. The van der Waals surface area contributed by atoms with Crippen molar-refractivity contribution in [2.75, 3.05) is 4.72 Å². The van der Waals surface area contributed by atoms with E-state index in [4.69, 9.17) is 0 Å². The lowest BCUT2D eigenvalue weighted by Crippen LogP contribution is -2.13. The summed E-state index contributed by atoms with van der Waals surface area (Å²) in [5.41, 5.74) is 1.98. The fourth-order valence-corrected chi connectivity index (χ4v) is 3.16. The van der Waals surface area contributed by atoms with E-state index >= 15 is 0 Å². The Morgan fingerprint density at radius 3 is 2.64 bits per heavy atom. The fraction of sp³-hybridized carbons (Fsp3) is 0.0714. The first-order chi connectivity index (χ1) is 10.5. The highest BCUT2D eigenvalue weighted by molar-refractivity contribution is 7.92. The molecular formula is C14H13N5O2S. The second-order valence-electron chi connectivity index (χ2n) is 4.74. The fourth-order valence-electron chi connectivity index (χ4n) is 2.00. The van der Waals surface area contributed by atoms with Gasteiger partial charge in [-0.1, -0.05) is 24.3 Å². The Bertz CT molecular complexity index is 891. The van der Waals surface area contributed by atoms with Gasteiger partial charge >= 0.3 is 0 Å². The van der Waals surface area contributed by atoms with E-state index < -0.39 is 10.0 Å². The molecule has 8 heteroatoms. The molecule has 1 heterocycles. The summed E-state index contributed by atoms with van der Waals surface area (Å²) in [6.45, 7) is 1.84. The second-order valence-corrected chi connectivity index (χ2v) is 6.42. The zero-order valence-corrected chi connectivity index (χ0v) is 12.5. The molecule has 112 valence electrons. The molecule has 0 fully saturated rings. The van der Waals surface area contributed by atoms with Crippen LogP contribution in [0.3, 0.4) is 0 Å². The molecule has 1 aromatic heterocycles. The van der Waals surface area contributed by atoms with Gasteiger partial charge in [0, 0.05) is 11.3 Å². The van der Waals surface area contributed by atoms with Crippen molar-refractivity contribution in [1.82, 2.24) is 20.6 Å². The number of aromatic amines is 1. The lowest BCUT2D eigenvalue weighted by molar-refractivity contribution is 0.601. The van der Waals surface area contributed by atoms with Gasteiger partial charge in [0.25, 0.3) is 10.0 Å². The Morgan fingerprint density at radius 1 is 1.09 bits per heavy atom. The molecule has 0 bridgehead atoms. The van der Waals surface area contributed by atoms with Crippen LogP contribution in [-0.2, 0) is 10.0 Å². The summed E-state index contributed by atoms with van der Waals surface area (Å²) in [7, 11) is -3.64. The van der Waals surface area contributed by atoms with Crippen LogP contribution in [0.2, 0.25) is 0 Å². The van der Waals surface area contributed by atoms with Crippen LogP contribution >= 0.6 is 0 Å². The molecule has 0 atom stereocenters. The Labute approximate surface area is 127 Å². The molecule has 0 unspecified atom stereocenters. The summed E-state index contributed by atoms with van der Waals surface area (Å²) in [5, 5.41) is 13.6. The van der Waals surface area contributed by atoms with Crippen LogP contribution in [0.15, 0.2) is 53.4 Å². The number of sulfonamides is 1. The van der Waals surface area contributed by atoms with Crippen molar-refractivity contribution < 1.29 is 8.42 Å². The van der Waals surface area contributed by atoms with Crippen molar-refractivity contribution in [3.05, 3.63) is 54.1 Å². The highest BCUT2D eigenvalue weighted by atomic mass is 32.2. The van der Waals surface area contributed by atoms with Gasteiger partial charge in [0.15, 0.2) is 0 Å². The first-order valence-corrected chi connectivity index (χ1v) is 7.96. The third kappa shape index (κ3) is 2.96. The molecule has 0 aliphatic heterocycles. The van der Waals surface area contributed by atoms with E-state index in [1.54, 1.807) is 42.5 Å². The zero-order chi connectivity index (χ0) is 15.6. The van der Waals surface area contributed by atoms with Crippen LogP contribution in [0, 0.1) is 6.92 Å². The van der Waals surface area contributed by atoms with Gasteiger partial charge in [-0.2, -0.15) is 5.21 Å². The molecule has 0 aliphatic carbocycles. The summed E-state index contributed by atoms with van der Waals surface area (Å²) in [6, 6.07) is 13.5. The van der Waals surface area contributed by atoms with Crippen LogP contribution in [0.1, 0.15) is 5.56 Å². The molecule has 0 saturated carbocycles. The van der Waals surface area contributed by atoms with Gasteiger partial charge in [-0.3, -0.25) is 4.72 Å². The van der Waals surface area contributed by atoms with E-state index in [2.05, 4.69) is 25.3 Å². The summed E-state index contributed by atoms with van der Waals surface area (Å²) in [6.07, 6.45) is 0. The number of hydrogen-bond donors (Lipinski definition) is 2. The standard InChI is InChI=1S/C14H13N5O2S/c1-10-4-2-7-13(8-10)22(20,21)17-12-6-3-5-11(9-12)14-15-18-19-16-14/h2-9,17H,1H3,(H,15,16,18,19). The summed E-state index contributed by atoms with van der Waals surface area (Å²) >= 11 is 0. The highest BCUT2D eigenvalue weighted by Gasteiger charge is 2.14. The van der Waals surface area contributed by atoms with E-state index in [1.807, 2.05) is 13.0 Å². The van der Waals surface area contributed by atoms with Gasteiger partial charge in [-0.15, -0.1) is 10.2 Å². The number of tetrazole rings is 1. The topological polar surface area (TPSA) is 101 Å². The van der Waals surface area contributed by atoms with Crippen molar-refractivity contribution in [2.24, 2.45) is 0 Å². The van der Waals surface area contributed by atoms with Gasteiger partial charge in [0.05, 0.1) is 4.90 Å². The van der Waals surface area contributed by atoms with Crippen molar-refractivity contribution >= 4 is 15.7 Å². The molecule has 0 spiro atoms. The first-order valence-electron chi connectivity index (χ1n) is 6.48. The quantitative estimate of drug-likeness (QED) is 0.766. The molecule has 7 nitrogen and oxygen atoms in total. The number of nitrogens with zero attached hydrogens (tertiary/aromatic N) is 3. The number of aromatic nitrogens is 4. The van der Waals surface area contributed by atoms with Crippen molar-refractivity contribution in [2.45, 2.75) is 11.8 Å². The molecule has 0 aliphatic rings. The SMILES string of the molecule is Cc1cccc(S(=O)(=O)Nc2cccc(-c3nn[nH]n3)c2)c1. The maximum atomic E-state index is 12.4. The third-order valence-electron chi connectivity index (χ3n) is 3.02. The van der Waals surface area contributed by atoms with E-state index in [0.29, 0.717) is 17.1 Å². The minimum absolute atomic E-state index is 0.220. The average Bonchev–Trinajstić information content (AvgIpc) is 3.01. The number of hydrogen-bond acceptors (Lipinski definition) is 5. The molecule has 2 aromatic carbocycles. The van der Waals surface area contributed by atoms with Crippen molar-refractivity contribution in [3.63, 3.8) is 0 Å². The minimum Gasteiger partial charge on any atom is -0.280 e. The molecule has 22 heavy (non-hydrogen) atoms. The van der Waals surface area contributed by atoms with Gasteiger partial charge in [0.2, 0.25) is 5.82 Å². The first kappa shape index (κ1) is 14.2. The van der Waals surface area contributed by atoms with Crippen LogP contribution in [0.25, 0.3) is 11.4 Å². The third-order valence-corrected chi connectivity index (χ3v) is 4.40. The average molecular weight is 315 g/mol. The van der Waals surface area contributed by atoms with E-state index in [0.717, 1.165) is 5.56 Å². The van der Waals surface area contributed by atoms with Crippen LogP contribution in [-0.4, -0.2) is 29.0 Å². The second kappa shape index (κ2) is 5.57.